The predicted octanol–water partition coefficient (Wildman–Crippen LogP) is 2.13. The Balaban J connectivity index is 0.00000196. The molecule has 0 unspecified atom stereocenters. The van der Waals surface area contributed by atoms with Gasteiger partial charge in [0.2, 0.25) is 0 Å². The summed E-state index contributed by atoms with van der Waals surface area (Å²) in [5.74, 6) is -0.00509. The minimum absolute atomic E-state index is 0. The third kappa shape index (κ3) is 3.07. The van der Waals surface area contributed by atoms with Gasteiger partial charge >= 0.3 is 0 Å². The van der Waals surface area contributed by atoms with Gasteiger partial charge in [-0.25, -0.2) is 0 Å². The number of phenolic OH excluding ortho intramolecular Hbond substituents is 1. The molecule has 1 aromatic carbocycles. The Hall–Kier alpha value is -1.33. The molecule has 0 aromatic heterocycles. The topological polar surface area (TPSA) is 89.4 Å². The van der Waals surface area contributed by atoms with Gasteiger partial charge in [0.15, 0.2) is 0 Å². The van der Waals surface area contributed by atoms with Gasteiger partial charge in [0, 0.05) is 12.1 Å². The Morgan fingerprint density at radius 2 is 2.20 bits per heavy atom. The number of nitro benzene ring substituents is 1. The molecule has 0 aliphatic heterocycles. The van der Waals surface area contributed by atoms with Crippen molar-refractivity contribution >= 4 is 18.1 Å². The fraction of sp³-hybridized carbons (Fsp3) is 0.333. The maximum absolute atomic E-state index is 10.6. The van der Waals surface area contributed by atoms with Crippen molar-refractivity contribution in [3.05, 3.63) is 33.9 Å². The van der Waals surface area contributed by atoms with Gasteiger partial charge in [0.05, 0.1) is 10.5 Å². The average molecular weight is 233 g/mol. The molecular formula is C9H13ClN2O3. The van der Waals surface area contributed by atoms with E-state index in [1.54, 1.807) is 0 Å². The maximum atomic E-state index is 10.6. The molecule has 0 amide bonds. The zero-order valence-corrected chi connectivity index (χ0v) is 9.03. The molecule has 0 heterocycles. The quantitative estimate of drug-likeness (QED) is 0.617. The van der Waals surface area contributed by atoms with Gasteiger partial charge in [-0.05, 0) is 18.6 Å². The second-order valence-corrected chi connectivity index (χ2v) is 3.01. The molecule has 0 aliphatic rings. The first-order valence-corrected chi connectivity index (χ1v) is 4.29. The summed E-state index contributed by atoms with van der Waals surface area (Å²) in [4.78, 5) is 10.1. The van der Waals surface area contributed by atoms with Crippen molar-refractivity contribution in [3.8, 4) is 5.75 Å². The Kier molecular flexibility index (Phi) is 5.04. The van der Waals surface area contributed by atoms with Crippen LogP contribution in [-0.2, 0) is 0 Å². The molecule has 1 aromatic rings. The van der Waals surface area contributed by atoms with Crippen molar-refractivity contribution in [2.45, 2.75) is 19.4 Å². The number of nitro groups is 1. The van der Waals surface area contributed by atoms with Crippen molar-refractivity contribution in [1.82, 2.24) is 0 Å². The number of halogens is 1. The molecule has 0 saturated carbocycles. The molecule has 0 saturated heterocycles. The zero-order chi connectivity index (χ0) is 10.7. The summed E-state index contributed by atoms with van der Waals surface area (Å²) in [6.07, 6.45) is 0.588. The Labute approximate surface area is 93.5 Å². The third-order valence-corrected chi connectivity index (χ3v) is 2.05. The largest absolute Gasteiger partial charge is 0.508 e. The van der Waals surface area contributed by atoms with E-state index in [-0.39, 0.29) is 23.8 Å². The molecule has 0 fully saturated rings. The smallest absolute Gasteiger partial charge is 0.274 e. The number of aromatic hydroxyl groups is 1. The van der Waals surface area contributed by atoms with Crippen LogP contribution < -0.4 is 5.73 Å². The van der Waals surface area contributed by atoms with Crippen LogP contribution in [0.3, 0.4) is 0 Å². The van der Waals surface area contributed by atoms with Crippen molar-refractivity contribution in [2.75, 3.05) is 0 Å². The molecule has 0 radical (unpaired) electrons. The summed E-state index contributed by atoms with van der Waals surface area (Å²) in [6, 6.07) is 3.47. The van der Waals surface area contributed by atoms with Crippen LogP contribution >= 0.6 is 12.4 Å². The van der Waals surface area contributed by atoms with Crippen LogP contribution in [-0.4, -0.2) is 10.0 Å². The second kappa shape index (κ2) is 5.53. The van der Waals surface area contributed by atoms with Crippen molar-refractivity contribution in [1.29, 1.82) is 0 Å². The minimum Gasteiger partial charge on any atom is -0.508 e. The fourth-order valence-electron chi connectivity index (χ4n) is 1.23. The lowest BCUT2D eigenvalue weighted by molar-refractivity contribution is -0.385. The molecule has 0 bridgehead atoms. The summed E-state index contributed by atoms with van der Waals surface area (Å²) >= 11 is 0. The number of rotatable bonds is 3. The van der Waals surface area contributed by atoms with E-state index in [9.17, 15) is 15.2 Å². The highest BCUT2D eigenvalue weighted by molar-refractivity contribution is 5.85. The summed E-state index contributed by atoms with van der Waals surface area (Å²) in [5, 5.41) is 19.8. The lowest BCUT2D eigenvalue weighted by Gasteiger charge is -2.09. The number of nitrogens with two attached hydrogens (primary N) is 1. The third-order valence-electron chi connectivity index (χ3n) is 2.05. The van der Waals surface area contributed by atoms with E-state index in [1.165, 1.54) is 18.2 Å². The van der Waals surface area contributed by atoms with Gasteiger partial charge in [-0.3, -0.25) is 10.1 Å². The maximum Gasteiger partial charge on any atom is 0.274 e. The van der Waals surface area contributed by atoms with Crippen LogP contribution in [0.1, 0.15) is 24.9 Å². The van der Waals surface area contributed by atoms with Gasteiger partial charge in [-0.2, -0.15) is 0 Å². The van der Waals surface area contributed by atoms with Gasteiger partial charge in [0.25, 0.3) is 5.69 Å². The van der Waals surface area contributed by atoms with E-state index < -0.39 is 11.0 Å². The molecule has 84 valence electrons. The SMILES string of the molecule is CC[C@H](N)c1cc(O)ccc1[N+](=O)[O-].Cl. The second-order valence-electron chi connectivity index (χ2n) is 3.01. The van der Waals surface area contributed by atoms with Gasteiger partial charge < -0.3 is 10.8 Å². The molecule has 1 rings (SSSR count). The number of nitrogens with zero attached hydrogens (tertiary/aromatic N) is 1. The van der Waals surface area contributed by atoms with E-state index in [0.29, 0.717) is 12.0 Å². The predicted molar refractivity (Wildman–Crippen MR) is 59.2 cm³/mol. The number of benzene rings is 1. The molecular weight excluding hydrogens is 220 g/mol. The van der Waals surface area contributed by atoms with Gasteiger partial charge in [-0.1, -0.05) is 6.92 Å². The van der Waals surface area contributed by atoms with Crippen molar-refractivity contribution in [3.63, 3.8) is 0 Å². The minimum atomic E-state index is -0.496. The standard InChI is InChI=1S/C9H12N2O3.ClH/c1-2-8(10)7-5-6(12)3-4-9(7)11(13)14;/h3-5,8,12H,2,10H2,1H3;1H/t8-;/m0./s1. The molecule has 5 nitrogen and oxygen atoms in total. The van der Waals surface area contributed by atoms with E-state index in [1.807, 2.05) is 6.92 Å². The lowest BCUT2D eigenvalue weighted by Crippen LogP contribution is -2.10. The molecule has 0 spiro atoms. The molecule has 3 N–H and O–H groups in total. The van der Waals surface area contributed by atoms with Gasteiger partial charge in [0.1, 0.15) is 5.75 Å². The first-order valence-electron chi connectivity index (χ1n) is 4.29. The number of hydrogen-bond acceptors (Lipinski definition) is 4. The molecule has 0 aliphatic carbocycles. The van der Waals surface area contributed by atoms with E-state index >= 15 is 0 Å². The van der Waals surface area contributed by atoms with Crippen LogP contribution in [0.2, 0.25) is 0 Å². The Morgan fingerprint density at radius 1 is 1.60 bits per heavy atom. The Morgan fingerprint density at radius 3 is 2.67 bits per heavy atom. The summed E-state index contributed by atoms with van der Waals surface area (Å²) in [5.41, 5.74) is 6.01. The fourth-order valence-corrected chi connectivity index (χ4v) is 1.23. The zero-order valence-electron chi connectivity index (χ0n) is 8.21. The lowest BCUT2D eigenvalue weighted by atomic mass is 10.0. The first kappa shape index (κ1) is 13.7. The van der Waals surface area contributed by atoms with Crippen LogP contribution in [0.15, 0.2) is 18.2 Å². The van der Waals surface area contributed by atoms with E-state index in [0.717, 1.165) is 0 Å². The van der Waals surface area contributed by atoms with E-state index in [2.05, 4.69) is 0 Å². The summed E-state index contributed by atoms with van der Waals surface area (Å²) in [7, 11) is 0. The number of phenols is 1. The van der Waals surface area contributed by atoms with Crippen LogP contribution in [0.25, 0.3) is 0 Å². The normalized spacial score (nSPS) is 11.6. The molecule has 6 heteroatoms. The van der Waals surface area contributed by atoms with Gasteiger partial charge in [-0.15, -0.1) is 12.4 Å². The first-order chi connectivity index (χ1) is 6.56. The van der Waals surface area contributed by atoms with E-state index in [4.69, 9.17) is 5.73 Å². The van der Waals surface area contributed by atoms with Crippen molar-refractivity contribution in [2.24, 2.45) is 5.73 Å². The highest BCUT2D eigenvalue weighted by Crippen LogP contribution is 2.28. The number of hydrogen-bond donors (Lipinski definition) is 2. The summed E-state index contributed by atoms with van der Waals surface area (Å²) in [6.45, 7) is 1.83. The molecule has 15 heavy (non-hydrogen) atoms. The van der Waals surface area contributed by atoms with Crippen LogP contribution in [0.4, 0.5) is 5.69 Å². The highest BCUT2D eigenvalue weighted by atomic mass is 35.5. The average Bonchev–Trinajstić information content (AvgIpc) is 2.16. The van der Waals surface area contributed by atoms with Crippen LogP contribution in [0, 0.1) is 10.1 Å². The molecule has 1 atom stereocenters. The van der Waals surface area contributed by atoms with Crippen molar-refractivity contribution < 1.29 is 10.0 Å². The highest BCUT2D eigenvalue weighted by Gasteiger charge is 2.18. The monoisotopic (exact) mass is 232 g/mol. The summed E-state index contributed by atoms with van der Waals surface area (Å²) < 4.78 is 0. The Bertz CT molecular complexity index is 357. The van der Waals surface area contributed by atoms with Crippen LogP contribution in [0.5, 0.6) is 5.75 Å².